The summed E-state index contributed by atoms with van der Waals surface area (Å²) >= 11 is 0.891. The van der Waals surface area contributed by atoms with E-state index in [0.717, 1.165) is 56.0 Å². The Hall–Kier alpha value is -2.27. The van der Waals surface area contributed by atoms with Crippen molar-refractivity contribution >= 4 is 21.6 Å². The normalized spacial score (nSPS) is 13.4. The van der Waals surface area contributed by atoms with Crippen molar-refractivity contribution in [1.29, 1.82) is 0 Å². The molecule has 8 nitrogen and oxygen atoms in total. The highest BCUT2D eigenvalue weighted by molar-refractivity contribution is 7.16. The number of rotatable bonds is 14. The fourth-order valence-electron chi connectivity index (χ4n) is 3.59. The van der Waals surface area contributed by atoms with E-state index in [9.17, 15) is 20.1 Å². The zero-order valence-corrected chi connectivity index (χ0v) is 19.7. The Labute approximate surface area is 197 Å². The third-order valence-corrected chi connectivity index (χ3v) is 6.22. The van der Waals surface area contributed by atoms with Crippen molar-refractivity contribution in [1.82, 2.24) is 15.6 Å². The third-order valence-electron chi connectivity index (χ3n) is 5.28. The number of benzene rings is 2. The van der Waals surface area contributed by atoms with Crippen LogP contribution in [-0.2, 0) is 17.7 Å². The molecule has 0 saturated heterocycles. The fourth-order valence-corrected chi connectivity index (χ4v) is 4.49. The molecule has 2 unspecified atom stereocenters. The molecule has 0 aliphatic rings. The van der Waals surface area contributed by atoms with Crippen LogP contribution in [-0.4, -0.2) is 52.8 Å². The lowest BCUT2D eigenvalue weighted by molar-refractivity contribution is -0.00168. The van der Waals surface area contributed by atoms with Gasteiger partial charge < -0.3 is 30.4 Å². The molecule has 0 amide bonds. The van der Waals surface area contributed by atoms with Crippen LogP contribution in [0.15, 0.2) is 41.2 Å². The average molecular weight is 476 g/mol. The molecule has 6 N–H and O–H groups in total. The van der Waals surface area contributed by atoms with Crippen LogP contribution in [0.5, 0.6) is 5.75 Å². The molecular weight excluding hydrogens is 442 g/mol. The predicted molar refractivity (Wildman–Crippen MR) is 131 cm³/mol. The summed E-state index contributed by atoms with van der Waals surface area (Å²) in [6.45, 7) is 5.85. The highest BCUT2D eigenvalue weighted by Gasteiger charge is 2.22. The molecule has 0 aliphatic heterocycles. The summed E-state index contributed by atoms with van der Waals surface area (Å²) < 4.78 is 5.91. The summed E-state index contributed by atoms with van der Waals surface area (Å²) in [5.41, 5.74) is 2.98. The first-order valence-corrected chi connectivity index (χ1v) is 12.1. The maximum atomic E-state index is 11.7. The standard InChI is InChI=1S/C24H33N3O5S/c1-2-12-32-13-4-10-25-15-17-6-3-5-16(14-17)9-11-26-23(30)21(29)18-7-8-19(28)20-22(18)33-24(31)27-20/h3,5-8,14,21,23,25-26,28-30H,2,4,9-13,15H2,1H3,(H,27,31). The Morgan fingerprint density at radius 3 is 2.76 bits per heavy atom. The topological polar surface area (TPSA) is 127 Å². The van der Waals surface area contributed by atoms with Crippen LogP contribution in [0.3, 0.4) is 0 Å². The van der Waals surface area contributed by atoms with E-state index in [4.69, 9.17) is 4.74 Å². The van der Waals surface area contributed by atoms with Gasteiger partial charge in [0.05, 0.1) is 4.70 Å². The van der Waals surface area contributed by atoms with Gasteiger partial charge in [-0.15, -0.1) is 0 Å². The van der Waals surface area contributed by atoms with E-state index in [2.05, 4.69) is 34.7 Å². The molecule has 0 fully saturated rings. The molecule has 0 saturated carbocycles. The quantitative estimate of drug-likeness (QED) is 0.156. The maximum absolute atomic E-state index is 11.7. The summed E-state index contributed by atoms with van der Waals surface area (Å²) in [5, 5.41) is 37.3. The molecule has 0 radical (unpaired) electrons. The number of nitrogens with one attached hydrogen (secondary N) is 3. The lowest BCUT2D eigenvalue weighted by atomic mass is 10.1. The molecule has 0 spiro atoms. The predicted octanol–water partition coefficient (Wildman–Crippen LogP) is 2.39. The second-order valence-corrected chi connectivity index (χ2v) is 8.93. The average Bonchev–Trinajstić information content (AvgIpc) is 3.21. The van der Waals surface area contributed by atoms with Crippen LogP contribution in [0.4, 0.5) is 0 Å². The largest absolute Gasteiger partial charge is 0.506 e. The summed E-state index contributed by atoms with van der Waals surface area (Å²) in [4.78, 5) is 13.9. The number of phenols is 1. The second-order valence-electron chi connectivity index (χ2n) is 7.95. The highest BCUT2D eigenvalue weighted by atomic mass is 32.1. The van der Waals surface area contributed by atoms with Gasteiger partial charge in [-0.3, -0.25) is 10.1 Å². The summed E-state index contributed by atoms with van der Waals surface area (Å²) in [6, 6.07) is 11.2. The Balaban J connectivity index is 1.46. The monoisotopic (exact) mass is 475 g/mol. The molecule has 0 bridgehead atoms. The Morgan fingerprint density at radius 2 is 1.94 bits per heavy atom. The first-order valence-electron chi connectivity index (χ1n) is 11.3. The molecule has 9 heteroatoms. The van der Waals surface area contributed by atoms with Gasteiger partial charge in [0.2, 0.25) is 0 Å². The van der Waals surface area contributed by atoms with E-state index >= 15 is 0 Å². The number of fused-ring (bicyclic) bond motifs is 1. The molecule has 0 aliphatic carbocycles. The zero-order chi connectivity index (χ0) is 23.6. The summed E-state index contributed by atoms with van der Waals surface area (Å²) in [5.74, 6) is -0.0686. The van der Waals surface area contributed by atoms with E-state index in [1.165, 1.54) is 17.7 Å². The minimum atomic E-state index is -1.24. The van der Waals surface area contributed by atoms with Crippen LogP contribution in [0.1, 0.15) is 42.6 Å². The van der Waals surface area contributed by atoms with Gasteiger partial charge in [-0.05, 0) is 43.0 Å². The van der Waals surface area contributed by atoms with E-state index in [-0.39, 0.29) is 16.1 Å². The van der Waals surface area contributed by atoms with Gasteiger partial charge >= 0.3 is 4.87 Å². The number of hydrogen-bond donors (Lipinski definition) is 6. The van der Waals surface area contributed by atoms with E-state index in [0.29, 0.717) is 23.2 Å². The van der Waals surface area contributed by atoms with Crippen molar-refractivity contribution in [3.63, 3.8) is 0 Å². The van der Waals surface area contributed by atoms with Crippen LogP contribution in [0, 0.1) is 0 Å². The summed E-state index contributed by atoms with van der Waals surface area (Å²) in [7, 11) is 0. The van der Waals surface area contributed by atoms with Crippen molar-refractivity contribution < 1.29 is 20.1 Å². The van der Waals surface area contributed by atoms with Gasteiger partial charge in [0, 0.05) is 31.9 Å². The van der Waals surface area contributed by atoms with Crippen LogP contribution in [0.25, 0.3) is 10.2 Å². The first-order chi connectivity index (χ1) is 16.0. The number of hydrogen-bond acceptors (Lipinski definition) is 8. The third kappa shape index (κ3) is 7.36. The second kappa shape index (κ2) is 12.8. The van der Waals surface area contributed by atoms with Gasteiger partial charge in [-0.2, -0.15) is 0 Å². The van der Waals surface area contributed by atoms with Gasteiger partial charge in [0.25, 0.3) is 0 Å². The smallest absolute Gasteiger partial charge is 0.305 e. The molecule has 33 heavy (non-hydrogen) atoms. The Morgan fingerprint density at radius 1 is 1.12 bits per heavy atom. The number of aliphatic hydroxyl groups excluding tert-OH is 2. The summed E-state index contributed by atoms with van der Waals surface area (Å²) in [6.07, 6.45) is 0.259. The number of ether oxygens (including phenoxy) is 1. The van der Waals surface area contributed by atoms with E-state index in [1.807, 2.05) is 12.1 Å². The lowest BCUT2D eigenvalue weighted by Gasteiger charge is -2.20. The maximum Gasteiger partial charge on any atom is 0.305 e. The zero-order valence-electron chi connectivity index (χ0n) is 18.8. The first kappa shape index (κ1) is 25.4. The number of aromatic nitrogens is 1. The molecule has 180 valence electrons. The van der Waals surface area contributed by atoms with Crippen molar-refractivity contribution in [3.05, 3.63) is 62.8 Å². The van der Waals surface area contributed by atoms with Gasteiger partial charge in [0.15, 0.2) is 0 Å². The molecule has 2 aromatic carbocycles. The van der Waals surface area contributed by atoms with Crippen LogP contribution in [0.2, 0.25) is 0 Å². The Bertz CT molecular complexity index is 1070. The number of aromatic hydroxyl groups is 1. The molecule has 2 atom stereocenters. The van der Waals surface area contributed by atoms with E-state index < -0.39 is 12.3 Å². The lowest BCUT2D eigenvalue weighted by Crippen LogP contribution is -2.36. The number of phenolic OH excluding ortho intramolecular Hbond substituents is 1. The van der Waals surface area contributed by atoms with Crippen molar-refractivity contribution in [2.24, 2.45) is 0 Å². The number of aliphatic hydroxyl groups is 2. The van der Waals surface area contributed by atoms with Gasteiger partial charge in [0.1, 0.15) is 23.6 Å². The molecule has 1 heterocycles. The van der Waals surface area contributed by atoms with Gasteiger partial charge in [-0.1, -0.05) is 48.6 Å². The SMILES string of the molecule is CCCOCCCNCc1cccc(CCNC(O)C(O)c2ccc(O)c3[nH]c(=O)sc23)c1. The molecule has 3 aromatic rings. The van der Waals surface area contributed by atoms with Crippen molar-refractivity contribution in [2.75, 3.05) is 26.3 Å². The minimum absolute atomic E-state index is 0.0686. The molecule has 1 aromatic heterocycles. The molecular formula is C24H33N3O5S. The Kier molecular flexibility index (Phi) is 9.86. The van der Waals surface area contributed by atoms with Crippen LogP contribution >= 0.6 is 11.3 Å². The van der Waals surface area contributed by atoms with Crippen LogP contribution < -0.4 is 15.5 Å². The number of thiazole rings is 1. The van der Waals surface area contributed by atoms with E-state index in [1.54, 1.807) is 0 Å². The van der Waals surface area contributed by atoms with Crippen molar-refractivity contribution in [2.45, 2.75) is 45.1 Å². The van der Waals surface area contributed by atoms with Crippen molar-refractivity contribution in [3.8, 4) is 5.75 Å². The number of H-pyrrole nitrogens is 1. The number of aromatic amines is 1. The molecule has 3 rings (SSSR count). The highest BCUT2D eigenvalue weighted by Crippen LogP contribution is 2.32. The minimum Gasteiger partial charge on any atom is -0.506 e. The van der Waals surface area contributed by atoms with Gasteiger partial charge in [-0.25, -0.2) is 0 Å². The fraction of sp³-hybridized carbons (Fsp3) is 0.458.